The minimum atomic E-state index is -0.720. The number of hydrazone groups is 1. The largest absolute Gasteiger partial charge is 0.490 e. The number of nitrogens with one attached hydrogen (secondary N) is 1. The van der Waals surface area contributed by atoms with Gasteiger partial charge in [0.1, 0.15) is 24.7 Å². The van der Waals surface area contributed by atoms with E-state index in [4.69, 9.17) is 15.2 Å². The van der Waals surface area contributed by atoms with E-state index < -0.39 is 6.03 Å². The summed E-state index contributed by atoms with van der Waals surface area (Å²) >= 11 is 3.37. The Morgan fingerprint density at radius 1 is 1.13 bits per heavy atom. The standard InChI is InChI=1S/C16H16BrN3O3/c17-13-5-7-14(8-6-13)22-9-10-23-15-4-2-1-3-12(15)11-19-20-16(18)21/h1-8,11H,9-10H2,(H3,18,20,21). The molecule has 2 aromatic carbocycles. The van der Waals surface area contributed by atoms with Crippen molar-refractivity contribution >= 4 is 28.2 Å². The van der Waals surface area contributed by atoms with Crippen LogP contribution in [0, 0.1) is 0 Å². The Morgan fingerprint density at radius 3 is 2.57 bits per heavy atom. The molecule has 0 spiro atoms. The minimum Gasteiger partial charge on any atom is -0.490 e. The van der Waals surface area contributed by atoms with Crippen molar-refractivity contribution in [2.24, 2.45) is 10.8 Å². The molecule has 2 rings (SSSR count). The van der Waals surface area contributed by atoms with Crippen LogP contribution in [0.25, 0.3) is 0 Å². The van der Waals surface area contributed by atoms with Crippen molar-refractivity contribution in [2.75, 3.05) is 13.2 Å². The number of urea groups is 1. The van der Waals surface area contributed by atoms with Crippen molar-refractivity contribution in [2.45, 2.75) is 0 Å². The average molecular weight is 378 g/mol. The zero-order chi connectivity index (χ0) is 16.5. The van der Waals surface area contributed by atoms with Crippen molar-refractivity contribution in [3.05, 3.63) is 58.6 Å². The van der Waals surface area contributed by atoms with Gasteiger partial charge in [-0.15, -0.1) is 0 Å². The first-order valence-electron chi connectivity index (χ1n) is 6.84. The molecule has 0 heterocycles. The lowest BCUT2D eigenvalue weighted by molar-refractivity contribution is 0.217. The number of hydrogen-bond donors (Lipinski definition) is 2. The van der Waals surface area contributed by atoms with Gasteiger partial charge in [-0.1, -0.05) is 28.1 Å². The van der Waals surface area contributed by atoms with E-state index in [1.165, 1.54) is 6.21 Å². The van der Waals surface area contributed by atoms with Crippen LogP contribution in [0.4, 0.5) is 4.79 Å². The number of halogens is 1. The number of benzene rings is 2. The molecule has 0 aromatic heterocycles. The maximum atomic E-state index is 10.6. The molecular weight excluding hydrogens is 362 g/mol. The third-order valence-electron chi connectivity index (χ3n) is 2.72. The minimum absolute atomic E-state index is 0.379. The van der Waals surface area contributed by atoms with E-state index in [1.807, 2.05) is 48.5 Å². The normalized spacial score (nSPS) is 10.5. The lowest BCUT2D eigenvalue weighted by Gasteiger charge is -2.10. The first-order valence-corrected chi connectivity index (χ1v) is 7.63. The summed E-state index contributed by atoms with van der Waals surface area (Å²) in [5, 5.41) is 3.72. The number of nitrogens with two attached hydrogens (primary N) is 1. The Kier molecular flexibility index (Phi) is 6.43. The summed E-state index contributed by atoms with van der Waals surface area (Å²) in [5.74, 6) is 1.42. The predicted molar refractivity (Wildman–Crippen MR) is 91.9 cm³/mol. The van der Waals surface area contributed by atoms with Crippen molar-refractivity contribution in [3.63, 3.8) is 0 Å². The molecule has 0 saturated carbocycles. The fourth-order valence-electron chi connectivity index (χ4n) is 1.73. The Balaban J connectivity index is 1.84. The Labute approximate surface area is 142 Å². The van der Waals surface area contributed by atoms with Crippen molar-refractivity contribution in [3.8, 4) is 11.5 Å². The van der Waals surface area contributed by atoms with Gasteiger partial charge >= 0.3 is 6.03 Å². The van der Waals surface area contributed by atoms with Gasteiger partial charge in [0, 0.05) is 10.0 Å². The molecule has 2 aromatic rings. The molecule has 0 radical (unpaired) electrons. The fourth-order valence-corrected chi connectivity index (χ4v) is 1.99. The van der Waals surface area contributed by atoms with E-state index in [2.05, 4.69) is 26.5 Å². The number of ether oxygens (including phenoxy) is 2. The maximum absolute atomic E-state index is 10.6. The third-order valence-corrected chi connectivity index (χ3v) is 3.25. The highest BCUT2D eigenvalue weighted by atomic mass is 79.9. The predicted octanol–water partition coefficient (Wildman–Crippen LogP) is 2.91. The summed E-state index contributed by atoms with van der Waals surface area (Å²) in [6.07, 6.45) is 1.47. The van der Waals surface area contributed by atoms with Crippen molar-refractivity contribution in [1.82, 2.24) is 5.43 Å². The molecule has 0 fully saturated rings. The van der Waals surface area contributed by atoms with Gasteiger partial charge < -0.3 is 15.2 Å². The number of rotatable bonds is 7. The molecule has 7 heteroatoms. The van der Waals surface area contributed by atoms with Crippen LogP contribution in [0.2, 0.25) is 0 Å². The molecule has 120 valence electrons. The highest BCUT2D eigenvalue weighted by molar-refractivity contribution is 9.10. The summed E-state index contributed by atoms with van der Waals surface area (Å²) in [6, 6.07) is 14.2. The van der Waals surface area contributed by atoms with Gasteiger partial charge in [-0.25, -0.2) is 10.2 Å². The highest BCUT2D eigenvalue weighted by Gasteiger charge is 2.01. The number of carbonyl (C=O) groups is 1. The molecule has 3 N–H and O–H groups in total. The van der Waals surface area contributed by atoms with Crippen LogP contribution in [-0.2, 0) is 0 Å². The molecule has 0 aliphatic rings. The van der Waals surface area contributed by atoms with Gasteiger partial charge in [0.15, 0.2) is 0 Å². The quantitative estimate of drug-likeness (QED) is 0.441. The van der Waals surface area contributed by atoms with Crippen LogP contribution < -0.4 is 20.6 Å². The SMILES string of the molecule is NC(=O)NN=Cc1ccccc1OCCOc1ccc(Br)cc1. The molecule has 23 heavy (non-hydrogen) atoms. The van der Waals surface area contributed by atoms with Crippen LogP contribution in [0.5, 0.6) is 11.5 Å². The van der Waals surface area contributed by atoms with Gasteiger partial charge in [0.05, 0.1) is 6.21 Å². The number of para-hydroxylation sites is 1. The topological polar surface area (TPSA) is 85.9 Å². The van der Waals surface area contributed by atoms with Gasteiger partial charge in [0.2, 0.25) is 0 Å². The van der Waals surface area contributed by atoms with Gasteiger partial charge in [-0.05, 0) is 36.4 Å². The molecule has 0 bridgehead atoms. The van der Waals surface area contributed by atoms with E-state index in [-0.39, 0.29) is 0 Å². The Bertz CT molecular complexity index is 675. The maximum Gasteiger partial charge on any atom is 0.332 e. The highest BCUT2D eigenvalue weighted by Crippen LogP contribution is 2.17. The lowest BCUT2D eigenvalue weighted by Crippen LogP contribution is -2.24. The van der Waals surface area contributed by atoms with E-state index >= 15 is 0 Å². The summed E-state index contributed by atoms with van der Waals surface area (Å²) in [6.45, 7) is 0.789. The second-order valence-electron chi connectivity index (χ2n) is 4.42. The molecule has 0 saturated heterocycles. The second kappa shape index (κ2) is 8.79. The summed E-state index contributed by atoms with van der Waals surface area (Å²) in [7, 11) is 0. The molecule has 0 atom stereocenters. The molecule has 0 aliphatic heterocycles. The monoisotopic (exact) mass is 377 g/mol. The van der Waals surface area contributed by atoms with E-state index in [0.717, 1.165) is 15.8 Å². The van der Waals surface area contributed by atoms with Crippen LogP contribution in [0.15, 0.2) is 58.1 Å². The zero-order valence-corrected chi connectivity index (χ0v) is 13.8. The average Bonchev–Trinajstić information content (AvgIpc) is 2.54. The van der Waals surface area contributed by atoms with Crippen molar-refractivity contribution < 1.29 is 14.3 Å². The van der Waals surface area contributed by atoms with E-state index in [9.17, 15) is 4.79 Å². The van der Waals surface area contributed by atoms with E-state index in [0.29, 0.717) is 19.0 Å². The Morgan fingerprint density at radius 2 is 1.83 bits per heavy atom. The Hall–Kier alpha value is -2.54. The molecule has 6 nitrogen and oxygen atoms in total. The fraction of sp³-hybridized carbons (Fsp3) is 0.125. The first kappa shape index (κ1) is 16.8. The number of primary amides is 1. The molecule has 2 amide bonds. The van der Waals surface area contributed by atoms with E-state index in [1.54, 1.807) is 0 Å². The number of amides is 2. The second-order valence-corrected chi connectivity index (χ2v) is 5.34. The summed E-state index contributed by atoms with van der Waals surface area (Å²) in [4.78, 5) is 10.6. The smallest absolute Gasteiger partial charge is 0.332 e. The first-order chi connectivity index (χ1) is 11.1. The molecule has 0 unspecified atom stereocenters. The lowest BCUT2D eigenvalue weighted by atomic mass is 10.2. The number of carbonyl (C=O) groups excluding carboxylic acids is 1. The molecule has 0 aliphatic carbocycles. The van der Waals surface area contributed by atoms with Gasteiger partial charge in [-0.2, -0.15) is 5.10 Å². The summed E-state index contributed by atoms with van der Waals surface area (Å²) < 4.78 is 12.3. The van der Waals surface area contributed by atoms with Gasteiger partial charge in [0.25, 0.3) is 0 Å². The van der Waals surface area contributed by atoms with Crippen molar-refractivity contribution in [1.29, 1.82) is 0 Å². The number of hydrogen-bond acceptors (Lipinski definition) is 4. The zero-order valence-electron chi connectivity index (χ0n) is 12.2. The van der Waals surface area contributed by atoms with Crippen LogP contribution in [-0.4, -0.2) is 25.5 Å². The van der Waals surface area contributed by atoms with Crippen LogP contribution in [0.3, 0.4) is 0 Å². The molecular formula is C16H16BrN3O3. The third kappa shape index (κ3) is 5.99. The number of nitrogens with zero attached hydrogens (tertiary/aromatic N) is 1. The van der Waals surface area contributed by atoms with Crippen LogP contribution in [0.1, 0.15) is 5.56 Å². The van der Waals surface area contributed by atoms with Crippen LogP contribution >= 0.6 is 15.9 Å². The van der Waals surface area contributed by atoms with Gasteiger partial charge in [-0.3, -0.25) is 0 Å². The summed E-state index contributed by atoms with van der Waals surface area (Å²) in [5.41, 5.74) is 7.81.